The molecule has 0 aliphatic carbocycles. The summed E-state index contributed by atoms with van der Waals surface area (Å²) in [5.74, 6) is -1.29. The summed E-state index contributed by atoms with van der Waals surface area (Å²) in [6, 6.07) is 12.2. The molecule has 3 rings (SSSR count). The second kappa shape index (κ2) is 10.2. The molecule has 0 unspecified atom stereocenters. The molecule has 0 saturated carbocycles. The Morgan fingerprint density at radius 2 is 1.81 bits per heavy atom. The van der Waals surface area contributed by atoms with Gasteiger partial charge in [0, 0.05) is 11.4 Å². The minimum absolute atomic E-state index is 0.0557. The number of hydrogen-bond donors (Lipinski definition) is 2. The summed E-state index contributed by atoms with van der Waals surface area (Å²) >= 11 is 5.56. The molecule has 2 aromatic carbocycles. The number of rotatable bonds is 8. The number of thiocarbonyl (C=S) groups is 1. The number of carbonyl (C=O) groups is 2. The van der Waals surface area contributed by atoms with Gasteiger partial charge >= 0.3 is 11.9 Å². The Bertz CT molecular complexity index is 1040. The zero-order chi connectivity index (χ0) is 23.3. The van der Waals surface area contributed by atoms with Gasteiger partial charge in [0.25, 0.3) is 0 Å². The smallest absolute Gasteiger partial charge is 0.338 e. The Morgan fingerprint density at radius 1 is 1.16 bits per heavy atom. The van der Waals surface area contributed by atoms with Crippen molar-refractivity contribution in [2.75, 3.05) is 18.1 Å². The third kappa shape index (κ3) is 5.23. The van der Waals surface area contributed by atoms with E-state index in [9.17, 15) is 14.0 Å². The maximum absolute atomic E-state index is 13.4. The van der Waals surface area contributed by atoms with E-state index in [0.717, 1.165) is 5.56 Å². The van der Waals surface area contributed by atoms with Crippen molar-refractivity contribution in [3.8, 4) is 5.75 Å². The van der Waals surface area contributed by atoms with Crippen LogP contribution in [0.4, 0.5) is 10.1 Å². The number of anilines is 1. The van der Waals surface area contributed by atoms with Crippen LogP contribution in [0.25, 0.3) is 0 Å². The SMILES string of the molecule is CCOC(=O)C1=C(C)N(c2ccc(F)cc2)C(=S)N[C@H]1c1ccc(OCCC(=O)O)cc1. The first-order chi connectivity index (χ1) is 15.3. The first-order valence-corrected chi connectivity index (χ1v) is 10.4. The Morgan fingerprint density at radius 3 is 2.41 bits per heavy atom. The molecular formula is C23H23FN2O5S. The fraction of sp³-hybridized carbons (Fsp3) is 0.261. The first kappa shape index (κ1) is 23.2. The predicted octanol–water partition coefficient (Wildman–Crippen LogP) is 3.95. The number of allylic oxidation sites excluding steroid dienone is 1. The molecule has 0 fully saturated rings. The van der Waals surface area contributed by atoms with Crippen LogP contribution in [0.2, 0.25) is 0 Å². The molecule has 0 saturated heterocycles. The maximum Gasteiger partial charge on any atom is 0.338 e. The van der Waals surface area contributed by atoms with Crippen LogP contribution in [0, 0.1) is 5.82 Å². The van der Waals surface area contributed by atoms with Crippen LogP contribution < -0.4 is 15.0 Å². The molecule has 168 valence electrons. The zero-order valence-corrected chi connectivity index (χ0v) is 18.4. The van der Waals surface area contributed by atoms with E-state index in [-0.39, 0.29) is 25.5 Å². The van der Waals surface area contributed by atoms with Gasteiger partial charge < -0.3 is 19.9 Å². The lowest BCUT2D eigenvalue weighted by atomic mass is 9.94. The summed E-state index contributed by atoms with van der Waals surface area (Å²) in [5, 5.41) is 12.3. The molecular weight excluding hydrogens is 435 g/mol. The quantitative estimate of drug-likeness (QED) is 0.454. The number of esters is 1. The zero-order valence-electron chi connectivity index (χ0n) is 17.6. The van der Waals surface area contributed by atoms with E-state index in [1.807, 2.05) is 0 Å². The molecule has 1 aliphatic heterocycles. The highest BCUT2D eigenvalue weighted by molar-refractivity contribution is 7.80. The number of nitrogens with one attached hydrogen (secondary N) is 1. The van der Waals surface area contributed by atoms with Gasteiger partial charge in [0.1, 0.15) is 11.6 Å². The van der Waals surface area contributed by atoms with Crippen LogP contribution in [0.5, 0.6) is 5.75 Å². The Balaban J connectivity index is 1.94. The van der Waals surface area contributed by atoms with Crippen LogP contribution >= 0.6 is 12.2 Å². The number of carbonyl (C=O) groups excluding carboxylic acids is 1. The van der Waals surface area contributed by atoms with E-state index in [1.54, 1.807) is 55.1 Å². The third-order valence-corrected chi connectivity index (χ3v) is 5.16. The number of halogens is 1. The van der Waals surface area contributed by atoms with E-state index in [0.29, 0.717) is 27.8 Å². The molecule has 1 atom stereocenters. The number of benzene rings is 2. The molecule has 32 heavy (non-hydrogen) atoms. The van der Waals surface area contributed by atoms with Crippen molar-refractivity contribution < 1.29 is 28.6 Å². The fourth-order valence-electron chi connectivity index (χ4n) is 3.38. The van der Waals surface area contributed by atoms with E-state index < -0.39 is 18.0 Å². The molecule has 1 aliphatic rings. The van der Waals surface area contributed by atoms with Crippen molar-refractivity contribution in [2.45, 2.75) is 26.3 Å². The summed E-state index contributed by atoms with van der Waals surface area (Å²) < 4.78 is 24.1. The molecule has 1 heterocycles. The number of nitrogens with zero attached hydrogens (tertiary/aromatic N) is 1. The highest BCUT2D eigenvalue weighted by Gasteiger charge is 2.35. The average Bonchev–Trinajstić information content (AvgIpc) is 2.75. The van der Waals surface area contributed by atoms with Gasteiger partial charge in [0.2, 0.25) is 0 Å². The van der Waals surface area contributed by atoms with Crippen LogP contribution in [0.15, 0.2) is 59.8 Å². The summed E-state index contributed by atoms with van der Waals surface area (Å²) in [6.07, 6.45) is -0.103. The standard InChI is InChI=1S/C23H23FN2O5S/c1-3-30-22(29)20-14(2)26(17-8-6-16(24)7-9-17)23(32)25-21(20)15-4-10-18(11-5-15)31-13-12-19(27)28/h4-11,21H,3,12-13H2,1-2H3,(H,25,32)(H,27,28)/t21-/m0/s1. The summed E-state index contributed by atoms with van der Waals surface area (Å²) in [5.41, 5.74) is 2.32. The van der Waals surface area contributed by atoms with E-state index in [1.165, 1.54) is 12.1 Å². The minimum Gasteiger partial charge on any atom is -0.493 e. The third-order valence-electron chi connectivity index (χ3n) is 4.86. The van der Waals surface area contributed by atoms with E-state index >= 15 is 0 Å². The van der Waals surface area contributed by atoms with Crippen LogP contribution in [-0.4, -0.2) is 35.4 Å². The highest BCUT2D eigenvalue weighted by atomic mass is 32.1. The summed E-state index contributed by atoms with van der Waals surface area (Å²) in [7, 11) is 0. The first-order valence-electron chi connectivity index (χ1n) is 10.0. The van der Waals surface area contributed by atoms with Gasteiger partial charge in [-0.1, -0.05) is 12.1 Å². The lowest BCUT2D eigenvalue weighted by molar-refractivity contribution is -0.139. The topological polar surface area (TPSA) is 88.1 Å². The van der Waals surface area contributed by atoms with Gasteiger partial charge in [0.15, 0.2) is 5.11 Å². The van der Waals surface area contributed by atoms with Crippen molar-refractivity contribution in [3.05, 3.63) is 71.2 Å². The van der Waals surface area contributed by atoms with Crippen molar-refractivity contribution in [1.82, 2.24) is 5.32 Å². The Labute approximate surface area is 190 Å². The summed E-state index contributed by atoms with van der Waals surface area (Å²) in [6.45, 7) is 3.75. The van der Waals surface area contributed by atoms with Gasteiger partial charge in [0.05, 0.1) is 31.2 Å². The molecule has 7 nitrogen and oxygen atoms in total. The second-order valence-electron chi connectivity index (χ2n) is 6.98. The lowest BCUT2D eigenvalue weighted by Crippen LogP contribution is -2.48. The normalized spacial score (nSPS) is 15.9. The average molecular weight is 459 g/mol. The Kier molecular flexibility index (Phi) is 7.42. The predicted molar refractivity (Wildman–Crippen MR) is 121 cm³/mol. The lowest BCUT2D eigenvalue weighted by Gasteiger charge is -2.37. The van der Waals surface area contributed by atoms with Gasteiger partial charge in [-0.25, -0.2) is 9.18 Å². The number of ether oxygens (including phenoxy) is 2. The van der Waals surface area contributed by atoms with Crippen LogP contribution in [0.3, 0.4) is 0 Å². The molecule has 2 N–H and O–H groups in total. The van der Waals surface area contributed by atoms with E-state index in [4.69, 9.17) is 26.8 Å². The molecule has 0 radical (unpaired) electrons. The van der Waals surface area contributed by atoms with Gasteiger partial charge in [-0.05, 0) is 68.0 Å². The highest BCUT2D eigenvalue weighted by Crippen LogP contribution is 2.34. The summed E-state index contributed by atoms with van der Waals surface area (Å²) in [4.78, 5) is 25.2. The van der Waals surface area contributed by atoms with Gasteiger partial charge in [-0.3, -0.25) is 9.69 Å². The molecule has 0 bridgehead atoms. The molecule has 0 spiro atoms. The number of aliphatic carboxylic acids is 1. The Hall–Kier alpha value is -3.46. The molecule has 0 amide bonds. The van der Waals surface area contributed by atoms with Gasteiger partial charge in [-0.15, -0.1) is 0 Å². The monoisotopic (exact) mass is 458 g/mol. The van der Waals surface area contributed by atoms with Gasteiger partial charge in [-0.2, -0.15) is 0 Å². The molecule has 9 heteroatoms. The van der Waals surface area contributed by atoms with Crippen molar-refractivity contribution in [1.29, 1.82) is 0 Å². The second-order valence-corrected chi connectivity index (χ2v) is 7.36. The van der Waals surface area contributed by atoms with Crippen molar-refractivity contribution in [3.63, 3.8) is 0 Å². The molecule has 0 aromatic heterocycles. The van der Waals surface area contributed by atoms with E-state index in [2.05, 4.69) is 5.32 Å². The maximum atomic E-state index is 13.4. The number of carboxylic acids is 1. The van der Waals surface area contributed by atoms with Crippen LogP contribution in [-0.2, 0) is 14.3 Å². The fourth-order valence-corrected chi connectivity index (χ4v) is 3.74. The largest absolute Gasteiger partial charge is 0.493 e. The number of carboxylic acid groups (broad SMARTS) is 1. The molecule has 2 aromatic rings. The van der Waals surface area contributed by atoms with Crippen molar-refractivity contribution >= 4 is 35.0 Å². The minimum atomic E-state index is -0.938. The van der Waals surface area contributed by atoms with Crippen LogP contribution in [0.1, 0.15) is 31.9 Å². The number of hydrogen-bond acceptors (Lipinski definition) is 5. The van der Waals surface area contributed by atoms with Crippen molar-refractivity contribution in [2.24, 2.45) is 0 Å².